The molecule has 0 aromatic carbocycles. The van der Waals surface area contributed by atoms with Crippen LogP contribution in [0, 0.1) is 6.92 Å². The second-order valence-electron chi connectivity index (χ2n) is 5.46. The third-order valence-corrected chi connectivity index (χ3v) is 3.56. The van der Waals surface area contributed by atoms with E-state index in [9.17, 15) is 14.4 Å². The van der Waals surface area contributed by atoms with Gasteiger partial charge in [-0.15, -0.1) is 0 Å². The van der Waals surface area contributed by atoms with E-state index in [2.05, 4.69) is 4.98 Å². The van der Waals surface area contributed by atoms with Gasteiger partial charge in [0, 0.05) is 25.2 Å². The molecule has 0 spiro atoms. The van der Waals surface area contributed by atoms with Crippen molar-refractivity contribution in [2.75, 3.05) is 13.2 Å². The van der Waals surface area contributed by atoms with E-state index in [1.807, 2.05) is 0 Å². The first-order valence-corrected chi connectivity index (χ1v) is 7.66. The first kappa shape index (κ1) is 18.0. The van der Waals surface area contributed by atoms with Crippen molar-refractivity contribution in [3.05, 3.63) is 23.0 Å². The topological polar surface area (TPSA) is 104 Å². The van der Waals surface area contributed by atoms with E-state index in [0.717, 1.165) is 0 Å². The summed E-state index contributed by atoms with van der Waals surface area (Å²) in [5.41, 5.74) is 1.55. The molecule has 2 heterocycles. The van der Waals surface area contributed by atoms with E-state index in [1.54, 1.807) is 19.9 Å². The highest BCUT2D eigenvalue weighted by molar-refractivity contribution is 5.91. The lowest BCUT2D eigenvalue weighted by Gasteiger charge is -2.21. The summed E-state index contributed by atoms with van der Waals surface area (Å²) in [6.45, 7) is 6.36. The van der Waals surface area contributed by atoms with Gasteiger partial charge in [-0.2, -0.15) is 0 Å². The fraction of sp³-hybridized carbons (Fsp3) is 0.562. The zero-order valence-corrected chi connectivity index (χ0v) is 14.1. The monoisotopic (exact) mass is 339 g/mol. The predicted molar refractivity (Wildman–Crippen MR) is 81.3 cm³/mol. The number of rotatable bonds is 5. The number of ether oxygens (including phenoxy) is 4. The number of aromatic nitrogens is 1. The van der Waals surface area contributed by atoms with Gasteiger partial charge in [-0.3, -0.25) is 9.59 Å². The van der Waals surface area contributed by atoms with Gasteiger partial charge in [-0.25, -0.2) is 4.79 Å². The minimum absolute atomic E-state index is 0.0923. The van der Waals surface area contributed by atoms with Crippen LogP contribution >= 0.6 is 0 Å². The first-order chi connectivity index (χ1) is 11.3. The van der Waals surface area contributed by atoms with Gasteiger partial charge in [0.1, 0.15) is 6.10 Å². The van der Waals surface area contributed by atoms with E-state index in [4.69, 9.17) is 18.9 Å². The molecule has 2 rings (SSSR count). The van der Waals surface area contributed by atoms with Gasteiger partial charge in [0.05, 0.1) is 18.8 Å². The Morgan fingerprint density at radius 3 is 2.50 bits per heavy atom. The van der Waals surface area contributed by atoms with Crippen molar-refractivity contribution in [1.82, 2.24) is 4.98 Å². The molecule has 0 unspecified atom stereocenters. The molecule has 1 aliphatic heterocycles. The SMILES string of the molecule is CCOC(=O)c1cc([C@@H]2OC[C@@H](OC(C)=O)[C@H]2OC(C)=O)[nH]c1C. The number of carbonyl (C=O) groups is 3. The van der Waals surface area contributed by atoms with Gasteiger partial charge < -0.3 is 23.9 Å². The van der Waals surface area contributed by atoms with Crippen molar-refractivity contribution < 1.29 is 33.3 Å². The number of aryl methyl sites for hydroxylation is 1. The van der Waals surface area contributed by atoms with Crippen molar-refractivity contribution in [1.29, 1.82) is 0 Å². The van der Waals surface area contributed by atoms with Gasteiger partial charge in [-0.1, -0.05) is 0 Å². The smallest absolute Gasteiger partial charge is 0.339 e. The lowest BCUT2D eigenvalue weighted by atomic mass is 10.1. The van der Waals surface area contributed by atoms with Crippen LogP contribution in [0.15, 0.2) is 6.07 Å². The van der Waals surface area contributed by atoms with Crippen molar-refractivity contribution >= 4 is 17.9 Å². The molecule has 1 aromatic heterocycles. The van der Waals surface area contributed by atoms with Crippen LogP contribution in [0.5, 0.6) is 0 Å². The number of nitrogens with one attached hydrogen (secondary N) is 1. The molecule has 24 heavy (non-hydrogen) atoms. The Bertz CT molecular complexity index is 636. The summed E-state index contributed by atoms with van der Waals surface area (Å²) in [4.78, 5) is 37.5. The van der Waals surface area contributed by atoms with Crippen LogP contribution in [0.4, 0.5) is 0 Å². The summed E-state index contributed by atoms with van der Waals surface area (Å²) in [7, 11) is 0. The molecule has 3 atom stereocenters. The quantitative estimate of drug-likeness (QED) is 0.639. The van der Waals surface area contributed by atoms with Crippen LogP contribution in [0.25, 0.3) is 0 Å². The molecule has 1 saturated heterocycles. The maximum Gasteiger partial charge on any atom is 0.339 e. The van der Waals surface area contributed by atoms with E-state index in [0.29, 0.717) is 17.0 Å². The highest BCUT2D eigenvalue weighted by Crippen LogP contribution is 2.34. The average molecular weight is 339 g/mol. The first-order valence-electron chi connectivity index (χ1n) is 7.66. The molecule has 0 amide bonds. The van der Waals surface area contributed by atoms with E-state index in [-0.39, 0.29) is 13.2 Å². The summed E-state index contributed by atoms with van der Waals surface area (Å²) in [5.74, 6) is -1.45. The summed E-state index contributed by atoms with van der Waals surface area (Å²) in [6, 6.07) is 1.60. The van der Waals surface area contributed by atoms with Crippen LogP contribution in [0.2, 0.25) is 0 Å². The van der Waals surface area contributed by atoms with E-state index < -0.39 is 36.2 Å². The van der Waals surface area contributed by atoms with Crippen molar-refractivity contribution in [2.45, 2.75) is 46.0 Å². The summed E-state index contributed by atoms with van der Waals surface area (Å²) >= 11 is 0. The van der Waals surface area contributed by atoms with E-state index >= 15 is 0 Å². The maximum absolute atomic E-state index is 11.9. The molecule has 1 fully saturated rings. The van der Waals surface area contributed by atoms with Crippen LogP contribution in [0.1, 0.15) is 48.6 Å². The zero-order valence-electron chi connectivity index (χ0n) is 14.1. The Morgan fingerprint density at radius 2 is 1.92 bits per heavy atom. The number of hydrogen-bond donors (Lipinski definition) is 1. The number of hydrogen-bond acceptors (Lipinski definition) is 7. The molecule has 8 nitrogen and oxygen atoms in total. The highest BCUT2D eigenvalue weighted by Gasteiger charge is 2.44. The van der Waals surface area contributed by atoms with Gasteiger partial charge >= 0.3 is 17.9 Å². The molecule has 0 bridgehead atoms. The van der Waals surface area contributed by atoms with Crippen LogP contribution in [-0.2, 0) is 28.5 Å². The van der Waals surface area contributed by atoms with Crippen LogP contribution in [0.3, 0.4) is 0 Å². The minimum atomic E-state index is -0.792. The number of H-pyrrole nitrogens is 1. The largest absolute Gasteiger partial charge is 0.462 e. The molecule has 0 saturated carbocycles. The zero-order chi connectivity index (χ0) is 17.9. The minimum Gasteiger partial charge on any atom is -0.462 e. The Kier molecular flexibility index (Phi) is 5.61. The third-order valence-electron chi connectivity index (χ3n) is 3.56. The van der Waals surface area contributed by atoms with Crippen LogP contribution < -0.4 is 0 Å². The second-order valence-corrected chi connectivity index (χ2v) is 5.46. The fourth-order valence-corrected chi connectivity index (χ4v) is 2.65. The molecule has 0 radical (unpaired) electrons. The Morgan fingerprint density at radius 1 is 1.25 bits per heavy atom. The van der Waals surface area contributed by atoms with Gasteiger partial charge in [-0.05, 0) is 19.9 Å². The van der Waals surface area contributed by atoms with E-state index in [1.165, 1.54) is 13.8 Å². The highest BCUT2D eigenvalue weighted by atomic mass is 16.6. The maximum atomic E-state index is 11.9. The average Bonchev–Trinajstić information content (AvgIpc) is 3.02. The Labute approximate surface area is 139 Å². The van der Waals surface area contributed by atoms with Crippen molar-refractivity contribution in [3.63, 3.8) is 0 Å². The lowest BCUT2D eigenvalue weighted by molar-refractivity contribution is -0.163. The Hall–Kier alpha value is -2.35. The summed E-state index contributed by atoms with van der Waals surface area (Å²) in [6.07, 6.45) is -2.16. The molecular formula is C16H21NO7. The summed E-state index contributed by atoms with van der Waals surface area (Å²) < 4.78 is 21.1. The summed E-state index contributed by atoms with van der Waals surface area (Å²) in [5, 5.41) is 0. The molecule has 1 N–H and O–H groups in total. The standard InChI is InChI=1S/C16H21NO7/c1-5-21-16(20)11-6-12(17-8(11)2)14-15(24-10(4)19)13(7-22-14)23-9(3)18/h6,13-15,17H,5,7H2,1-4H3/t13-,14+,15-/m1/s1. The Balaban J connectivity index is 2.25. The molecule has 1 aromatic rings. The normalized spacial score (nSPS) is 22.9. The third kappa shape index (κ3) is 3.94. The van der Waals surface area contributed by atoms with Gasteiger partial charge in [0.15, 0.2) is 12.2 Å². The lowest BCUT2D eigenvalue weighted by Crippen LogP contribution is -2.34. The molecule has 0 aliphatic carbocycles. The van der Waals surface area contributed by atoms with Gasteiger partial charge in [0.2, 0.25) is 0 Å². The van der Waals surface area contributed by atoms with Crippen molar-refractivity contribution in [3.8, 4) is 0 Å². The fourth-order valence-electron chi connectivity index (χ4n) is 2.65. The predicted octanol–water partition coefficient (Wildman–Crippen LogP) is 1.43. The van der Waals surface area contributed by atoms with Crippen LogP contribution in [-0.4, -0.2) is 48.3 Å². The number of esters is 3. The number of aromatic amines is 1. The molecular weight excluding hydrogens is 318 g/mol. The van der Waals surface area contributed by atoms with Crippen molar-refractivity contribution in [2.24, 2.45) is 0 Å². The van der Waals surface area contributed by atoms with Gasteiger partial charge in [0.25, 0.3) is 0 Å². The molecule has 132 valence electrons. The second kappa shape index (κ2) is 7.48. The molecule has 8 heteroatoms. The number of carbonyl (C=O) groups excluding carboxylic acids is 3. The molecule has 1 aliphatic rings.